The second kappa shape index (κ2) is 8.98. The Morgan fingerprint density at radius 2 is 1.89 bits per heavy atom. The van der Waals surface area contributed by atoms with Gasteiger partial charge in [0.15, 0.2) is 8.32 Å². The molecule has 8 heteroatoms. The van der Waals surface area contributed by atoms with E-state index in [1.807, 2.05) is 0 Å². The number of azide groups is 1. The summed E-state index contributed by atoms with van der Waals surface area (Å²) < 4.78 is 18.2. The third-order valence-corrected chi connectivity index (χ3v) is 11.1. The van der Waals surface area contributed by atoms with Crippen molar-refractivity contribution in [2.24, 2.45) is 5.11 Å². The second-order valence-electron chi connectivity index (χ2n) is 8.44. The molecule has 0 bridgehead atoms. The van der Waals surface area contributed by atoms with Crippen molar-refractivity contribution in [2.75, 3.05) is 13.7 Å². The number of ether oxygens (including phenoxy) is 2. The lowest BCUT2D eigenvalue weighted by Gasteiger charge is -2.37. The van der Waals surface area contributed by atoms with Crippen LogP contribution in [0.2, 0.25) is 18.1 Å². The Hall–Kier alpha value is -1.02. The highest BCUT2D eigenvalue weighted by atomic mass is 32.2. The summed E-state index contributed by atoms with van der Waals surface area (Å²) in [7, 11) is -0.272. The van der Waals surface area contributed by atoms with Gasteiger partial charge in [0.25, 0.3) is 0 Å². The van der Waals surface area contributed by atoms with Gasteiger partial charge in [0, 0.05) is 16.9 Å². The molecule has 1 saturated heterocycles. The molecule has 1 fully saturated rings. The molecular formula is C19H31N3O3SSi. The van der Waals surface area contributed by atoms with Gasteiger partial charge in [0.2, 0.25) is 0 Å². The number of nitrogens with zero attached hydrogens (tertiary/aromatic N) is 3. The molecule has 150 valence electrons. The van der Waals surface area contributed by atoms with Gasteiger partial charge in [-0.2, -0.15) is 0 Å². The summed E-state index contributed by atoms with van der Waals surface area (Å²) >= 11 is 1.56. The van der Waals surface area contributed by atoms with Crippen molar-refractivity contribution in [2.45, 2.75) is 74.4 Å². The van der Waals surface area contributed by atoms with Gasteiger partial charge >= 0.3 is 0 Å². The van der Waals surface area contributed by atoms with Crippen molar-refractivity contribution in [3.63, 3.8) is 0 Å². The zero-order valence-corrected chi connectivity index (χ0v) is 19.1. The van der Waals surface area contributed by atoms with Crippen LogP contribution in [0.1, 0.15) is 26.3 Å². The van der Waals surface area contributed by atoms with Gasteiger partial charge in [-0.25, -0.2) is 0 Å². The number of methoxy groups -OCH3 is 1. The lowest BCUT2D eigenvalue weighted by atomic mass is 10.1. The molecule has 0 amide bonds. The van der Waals surface area contributed by atoms with Crippen LogP contribution in [0.15, 0.2) is 34.3 Å². The Labute approximate surface area is 167 Å². The molecule has 0 aliphatic carbocycles. The van der Waals surface area contributed by atoms with Crippen molar-refractivity contribution >= 4 is 20.1 Å². The summed E-state index contributed by atoms with van der Waals surface area (Å²) in [5.74, 6) is 0. The Balaban J connectivity index is 2.14. The molecule has 1 aromatic rings. The average Bonchev–Trinajstić information content (AvgIpc) is 2.91. The van der Waals surface area contributed by atoms with Gasteiger partial charge in [-0.1, -0.05) is 55.3 Å². The van der Waals surface area contributed by atoms with Crippen LogP contribution in [0, 0.1) is 6.92 Å². The predicted molar refractivity (Wildman–Crippen MR) is 113 cm³/mol. The first-order chi connectivity index (χ1) is 12.6. The lowest BCUT2D eigenvalue weighted by molar-refractivity contribution is -0.0173. The van der Waals surface area contributed by atoms with Crippen LogP contribution in [0.25, 0.3) is 10.4 Å². The van der Waals surface area contributed by atoms with Crippen LogP contribution in [0.3, 0.4) is 0 Å². The molecular weight excluding hydrogens is 378 g/mol. The van der Waals surface area contributed by atoms with Crippen LogP contribution in [-0.4, -0.2) is 45.7 Å². The van der Waals surface area contributed by atoms with Crippen molar-refractivity contribution in [3.8, 4) is 0 Å². The summed E-state index contributed by atoms with van der Waals surface area (Å²) in [4.78, 5) is 4.10. The number of thioether (sulfide) groups is 1. The Morgan fingerprint density at radius 1 is 1.26 bits per heavy atom. The standard InChI is InChI=1S/C19H31N3O3SSi/c1-13-8-10-14(11-9-13)26-18-16(21-22-20)17(23-5)15(25-18)12-24-27(6,7)19(2,3)4/h8-11,15-18H,12H2,1-7H3/t15-,16-,17-,18-/m0/s1. The molecule has 0 saturated carbocycles. The van der Waals surface area contributed by atoms with E-state index in [1.165, 1.54) is 5.56 Å². The largest absolute Gasteiger partial charge is 0.414 e. The SMILES string of the molecule is CO[C@@H]1[C@H](N=[N+]=[N-])[C@H](Sc2ccc(C)cc2)O[C@H]1CO[Si](C)(C)C(C)(C)C. The highest BCUT2D eigenvalue weighted by Gasteiger charge is 2.46. The van der Waals surface area contributed by atoms with Crippen molar-refractivity contribution in [1.82, 2.24) is 0 Å². The van der Waals surface area contributed by atoms with E-state index in [2.05, 4.69) is 75.1 Å². The smallest absolute Gasteiger partial charge is 0.192 e. The summed E-state index contributed by atoms with van der Waals surface area (Å²) in [6.07, 6.45) is -0.587. The second-order valence-corrected chi connectivity index (χ2v) is 14.4. The fourth-order valence-electron chi connectivity index (χ4n) is 2.67. The van der Waals surface area contributed by atoms with Crippen LogP contribution in [-0.2, 0) is 13.9 Å². The lowest BCUT2D eigenvalue weighted by Crippen LogP contribution is -2.44. The summed E-state index contributed by atoms with van der Waals surface area (Å²) in [6, 6.07) is 7.83. The molecule has 6 nitrogen and oxygen atoms in total. The minimum absolute atomic E-state index is 0.119. The Kier molecular flexibility index (Phi) is 7.41. The number of rotatable bonds is 7. The average molecular weight is 410 g/mol. The highest BCUT2D eigenvalue weighted by molar-refractivity contribution is 7.99. The predicted octanol–water partition coefficient (Wildman–Crippen LogP) is 5.53. The Morgan fingerprint density at radius 3 is 2.41 bits per heavy atom. The number of hydrogen-bond acceptors (Lipinski definition) is 5. The van der Waals surface area contributed by atoms with Gasteiger partial charge in [-0.15, -0.1) is 0 Å². The molecule has 0 radical (unpaired) electrons. The van der Waals surface area contributed by atoms with Gasteiger partial charge in [-0.05, 0) is 42.7 Å². The molecule has 0 aromatic heterocycles. The first-order valence-electron chi connectivity index (χ1n) is 9.19. The van der Waals surface area contributed by atoms with Crippen LogP contribution in [0.4, 0.5) is 0 Å². The van der Waals surface area contributed by atoms with E-state index in [0.717, 1.165) is 4.90 Å². The maximum atomic E-state index is 9.03. The fourth-order valence-corrected chi connectivity index (χ4v) is 4.79. The Bertz CT molecular complexity index is 672. The summed E-state index contributed by atoms with van der Waals surface area (Å²) in [5.41, 5.74) is 9.92. The van der Waals surface area contributed by atoms with Gasteiger partial charge in [0.1, 0.15) is 17.6 Å². The molecule has 1 aliphatic rings. The molecule has 1 aliphatic heterocycles. The van der Waals surface area contributed by atoms with E-state index >= 15 is 0 Å². The monoisotopic (exact) mass is 409 g/mol. The summed E-state index contributed by atoms with van der Waals surface area (Å²) in [5, 5.41) is 4.10. The van der Waals surface area contributed by atoms with Crippen molar-refractivity contribution in [1.29, 1.82) is 0 Å². The third-order valence-electron chi connectivity index (χ3n) is 5.44. The number of aryl methyl sites for hydroxylation is 1. The molecule has 2 rings (SSSR count). The molecule has 4 atom stereocenters. The van der Waals surface area contributed by atoms with E-state index in [9.17, 15) is 0 Å². The van der Waals surface area contributed by atoms with Gasteiger partial charge in [0.05, 0.1) is 12.7 Å². The van der Waals surface area contributed by atoms with E-state index < -0.39 is 14.4 Å². The zero-order chi connectivity index (χ0) is 20.2. The van der Waals surface area contributed by atoms with Crippen LogP contribution < -0.4 is 0 Å². The normalized spacial score (nSPS) is 26.0. The summed E-state index contributed by atoms with van der Waals surface area (Å²) in [6.45, 7) is 13.6. The van der Waals surface area contributed by atoms with Crippen LogP contribution >= 0.6 is 11.8 Å². The molecule has 27 heavy (non-hydrogen) atoms. The first kappa shape index (κ1) is 22.3. The zero-order valence-electron chi connectivity index (χ0n) is 17.3. The molecule has 0 N–H and O–H groups in total. The molecule has 0 unspecified atom stereocenters. The quantitative estimate of drug-likeness (QED) is 0.257. The fraction of sp³-hybridized carbons (Fsp3) is 0.684. The first-order valence-corrected chi connectivity index (χ1v) is 13.0. The van der Waals surface area contributed by atoms with E-state index in [4.69, 9.17) is 19.4 Å². The van der Waals surface area contributed by atoms with Crippen LogP contribution in [0.5, 0.6) is 0 Å². The van der Waals surface area contributed by atoms with Crippen molar-refractivity contribution < 1.29 is 13.9 Å². The maximum absolute atomic E-state index is 9.03. The number of hydrogen-bond donors (Lipinski definition) is 0. The topological polar surface area (TPSA) is 76.5 Å². The molecule has 1 aromatic carbocycles. The molecule has 0 spiro atoms. The molecule has 1 heterocycles. The minimum atomic E-state index is -1.90. The maximum Gasteiger partial charge on any atom is 0.192 e. The van der Waals surface area contributed by atoms with Gasteiger partial charge in [-0.3, -0.25) is 0 Å². The van der Waals surface area contributed by atoms with E-state index in [0.29, 0.717) is 6.61 Å². The van der Waals surface area contributed by atoms with Gasteiger partial charge < -0.3 is 13.9 Å². The van der Waals surface area contributed by atoms with E-state index in [-0.39, 0.29) is 22.7 Å². The highest BCUT2D eigenvalue weighted by Crippen LogP contribution is 2.40. The minimum Gasteiger partial charge on any atom is -0.414 e. The van der Waals surface area contributed by atoms with Crippen molar-refractivity contribution in [3.05, 3.63) is 40.3 Å². The third kappa shape index (κ3) is 5.50. The van der Waals surface area contributed by atoms with E-state index in [1.54, 1.807) is 18.9 Å². The number of benzene rings is 1.